The fourth-order valence-corrected chi connectivity index (χ4v) is 5.66. The standard InChI is InChI=1S/C40H71NO19S/c42-31-34-37(44)36(39(46)38(34)45)40(47)60-33-3-1-32(2-4-33)41-35(43)5-6-48-7-8-49-9-10-50-11-12-51-13-14-52-15-16-53-17-18-54-19-20-55-21-22-56-23-24-57-25-26-58-27-28-59-29-30-61/h1-4,34,36-40,42,44-47,61H,5-31H2,(H,41,43)/t34?,36?,37?,38-,39?,40-/m1/s1. The van der Waals surface area contributed by atoms with Gasteiger partial charge in [-0.3, -0.25) is 4.79 Å². The molecule has 0 aliphatic heterocycles. The van der Waals surface area contributed by atoms with Crippen molar-refractivity contribution in [1.29, 1.82) is 0 Å². The Balaban J connectivity index is 1.24. The zero-order valence-electron chi connectivity index (χ0n) is 35.3. The van der Waals surface area contributed by atoms with Crippen molar-refractivity contribution in [3.8, 4) is 5.75 Å². The van der Waals surface area contributed by atoms with E-state index in [-0.39, 0.29) is 24.7 Å². The van der Waals surface area contributed by atoms with E-state index in [4.69, 9.17) is 61.6 Å². The molecule has 4 unspecified atom stereocenters. The van der Waals surface area contributed by atoms with E-state index in [2.05, 4.69) is 17.9 Å². The molecule has 1 aromatic carbocycles. The lowest BCUT2D eigenvalue weighted by atomic mass is 10.00. The Morgan fingerprint density at radius 3 is 1.15 bits per heavy atom. The molecule has 1 saturated carbocycles. The minimum Gasteiger partial charge on any atom is -0.465 e. The van der Waals surface area contributed by atoms with Gasteiger partial charge in [-0.25, -0.2) is 0 Å². The summed E-state index contributed by atoms with van der Waals surface area (Å²) in [6.45, 7) is 10.6. The average molecular weight is 902 g/mol. The van der Waals surface area contributed by atoms with Gasteiger partial charge in [0.15, 0.2) is 0 Å². The van der Waals surface area contributed by atoms with Crippen LogP contribution >= 0.6 is 12.6 Å². The first-order chi connectivity index (χ1) is 29.9. The molecular weight excluding hydrogens is 830 g/mol. The van der Waals surface area contributed by atoms with E-state index < -0.39 is 43.0 Å². The summed E-state index contributed by atoms with van der Waals surface area (Å²) in [4.78, 5) is 12.2. The number of aliphatic hydroxyl groups is 5. The molecule has 0 aromatic heterocycles. The highest BCUT2D eigenvalue weighted by atomic mass is 32.1. The van der Waals surface area contributed by atoms with Gasteiger partial charge >= 0.3 is 0 Å². The van der Waals surface area contributed by atoms with Crippen LogP contribution in [0.15, 0.2) is 24.3 Å². The summed E-state index contributed by atoms with van der Waals surface area (Å²) in [5, 5.41) is 52.8. The summed E-state index contributed by atoms with van der Waals surface area (Å²) >= 11 is 4.07. The predicted octanol–water partition coefficient (Wildman–Crippen LogP) is -0.838. The first kappa shape index (κ1) is 55.3. The van der Waals surface area contributed by atoms with Crippen molar-refractivity contribution in [2.45, 2.75) is 31.0 Å². The van der Waals surface area contributed by atoms with Gasteiger partial charge in [0.25, 0.3) is 0 Å². The Morgan fingerprint density at radius 2 is 0.836 bits per heavy atom. The van der Waals surface area contributed by atoms with Crippen LogP contribution in [0.5, 0.6) is 5.75 Å². The largest absolute Gasteiger partial charge is 0.465 e. The third kappa shape index (κ3) is 27.8. The third-order valence-corrected chi connectivity index (χ3v) is 8.93. The first-order valence-electron chi connectivity index (χ1n) is 20.8. The summed E-state index contributed by atoms with van der Waals surface area (Å²) in [6, 6.07) is 6.11. The maximum Gasteiger partial charge on any atom is 0.226 e. The number of carbonyl (C=O) groups excluding carboxylic acids is 1. The molecule has 21 heteroatoms. The number of amides is 1. The fourth-order valence-electron chi connectivity index (χ4n) is 5.53. The number of benzene rings is 1. The van der Waals surface area contributed by atoms with Gasteiger partial charge < -0.3 is 92.4 Å². The number of thiol groups is 1. The molecule has 1 fully saturated rings. The number of hydrogen-bond acceptors (Lipinski definition) is 20. The Kier molecular flexibility index (Phi) is 35.0. The third-order valence-electron chi connectivity index (χ3n) is 8.75. The van der Waals surface area contributed by atoms with Crippen LogP contribution in [0.1, 0.15) is 6.42 Å². The smallest absolute Gasteiger partial charge is 0.226 e. The molecule has 0 heterocycles. The molecule has 6 N–H and O–H groups in total. The molecule has 0 spiro atoms. The van der Waals surface area contributed by atoms with Gasteiger partial charge in [-0.15, -0.1) is 0 Å². The SMILES string of the molecule is O=C(CCOCCOCCOCCOCCOCCOCCOCCOCCOCCOCCOCCOCCS)Nc1ccc(O[C@@H](O)C2C(O)C(CO)[C@@H](O)C2O)cc1. The zero-order chi connectivity index (χ0) is 44.0. The van der Waals surface area contributed by atoms with Gasteiger partial charge in [0, 0.05) is 17.4 Å². The van der Waals surface area contributed by atoms with Crippen LogP contribution in [0.25, 0.3) is 0 Å². The normalized spacial score (nSPS) is 19.4. The van der Waals surface area contributed by atoms with Crippen molar-refractivity contribution < 1.29 is 91.9 Å². The van der Waals surface area contributed by atoms with Crippen molar-refractivity contribution >= 4 is 24.2 Å². The van der Waals surface area contributed by atoms with Crippen LogP contribution in [0.3, 0.4) is 0 Å². The number of carbonyl (C=O) groups is 1. The number of hydrogen-bond donors (Lipinski definition) is 7. The summed E-state index contributed by atoms with van der Waals surface area (Å²) in [5.41, 5.74) is 0.488. The summed E-state index contributed by atoms with van der Waals surface area (Å²) in [5.74, 6) is -1.55. The fraction of sp³-hybridized carbons (Fsp3) is 0.825. The second-order valence-electron chi connectivity index (χ2n) is 13.3. The molecule has 1 aromatic rings. The number of nitrogens with one attached hydrogen (secondary N) is 1. The van der Waals surface area contributed by atoms with Gasteiger partial charge in [0.05, 0.1) is 196 Å². The van der Waals surface area contributed by atoms with Crippen molar-refractivity contribution in [3.05, 3.63) is 24.3 Å². The van der Waals surface area contributed by atoms with E-state index in [1.165, 1.54) is 12.1 Å². The maximum atomic E-state index is 12.2. The number of ether oxygens (including phenoxy) is 13. The van der Waals surface area contributed by atoms with Crippen molar-refractivity contribution in [3.63, 3.8) is 0 Å². The molecule has 0 radical (unpaired) electrons. The molecule has 0 bridgehead atoms. The van der Waals surface area contributed by atoms with Crippen LogP contribution in [0, 0.1) is 11.8 Å². The maximum absolute atomic E-state index is 12.2. The van der Waals surface area contributed by atoms with Gasteiger partial charge in [-0.1, -0.05) is 0 Å². The Morgan fingerprint density at radius 1 is 0.508 bits per heavy atom. The lowest BCUT2D eigenvalue weighted by Crippen LogP contribution is -2.40. The second-order valence-corrected chi connectivity index (χ2v) is 13.7. The van der Waals surface area contributed by atoms with Crippen molar-refractivity contribution in [2.24, 2.45) is 11.8 Å². The molecule has 20 nitrogen and oxygen atoms in total. The molecular formula is C40H71NO19S. The number of anilines is 1. The van der Waals surface area contributed by atoms with E-state index in [9.17, 15) is 30.3 Å². The van der Waals surface area contributed by atoms with Crippen molar-refractivity contribution in [1.82, 2.24) is 0 Å². The molecule has 1 aliphatic carbocycles. The lowest BCUT2D eigenvalue weighted by molar-refractivity contribution is -0.127. The van der Waals surface area contributed by atoms with Gasteiger partial charge in [-0.2, -0.15) is 12.6 Å². The molecule has 6 atom stereocenters. The molecule has 0 saturated heterocycles. The predicted molar refractivity (Wildman–Crippen MR) is 222 cm³/mol. The van der Waals surface area contributed by atoms with Crippen molar-refractivity contribution in [2.75, 3.05) is 176 Å². The van der Waals surface area contributed by atoms with Crippen LogP contribution in [-0.2, 0) is 61.6 Å². The quantitative estimate of drug-likeness (QED) is 0.0240. The monoisotopic (exact) mass is 901 g/mol. The van der Waals surface area contributed by atoms with Crippen LogP contribution < -0.4 is 10.1 Å². The number of rotatable bonds is 43. The van der Waals surface area contributed by atoms with Gasteiger partial charge in [0.1, 0.15) is 5.75 Å². The topological polar surface area (TPSA) is 250 Å². The molecule has 1 amide bonds. The number of aliphatic hydroxyl groups excluding tert-OH is 5. The highest BCUT2D eigenvalue weighted by Crippen LogP contribution is 2.35. The molecule has 356 valence electrons. The van der Waals surface area contributed by atoms with E-state index in [1.54, 1.807) is 12.1 Å². The summed E-state index contributed by atoms with van der Waals surface area (Å²) in [7, 11) is 0. The van der Waals surface area contributed by atoms with E-state index in [1.807, 2.05) is 0 Å². The highest BCUT2D eigenvalue weighted by molar-refractivity contribution is 7.80. The molecule has 61 heavy (non-hydrogen) atoms. The minimum absolute atomic E-state index is 0.126. The minimum atomic E-state index is -1.64. The van der Waals surface area contributed by atoms with Gasteiger partial charge in [-0.05, 0) is 24.3 Å². The molecule has 1 aliphatic rings. The second kappa shape index (κ2) is 38.6. The van der Waals surface area contributed by atoms with Crippen LogP contribution in [0.4, 0.5) is 5.69 Å². The lowest BCUT2D eigenvalue weighted by Gasteiger charge is -2.25. The van der Waals surface area contributed by atoms with E-state index in [0.717, 1.165) is 0 Å². The zero-order valence-corrected chi connectivity index (χ0v) is 36.2. The highest BCUT2D eigenvalue weighted by Gasteiger charge is 2.52. The Hall–Kier alpha value is -1.84. The van der Waals surface area contributed by atoms with E-state index in [0.29, 0.717) is 163 Å². The average Bonchev–Trinajstić information content (AvgIpc) is 3.47. The van der Waals surface area contributed by atoms with Crippen LogP contribution in [-0.4, -0.2) is 227 Å². The summed E-state index contributed by atoms with van der Waals surface area (Å²) in [6.07, 6.45) is -5.73. The molecule has 2 rings (SSSR count). The first-order valence-corrected chi connectivity index (χ1v) is 21.5. The summed E-state index contributed by atoms with van der Waals surface area (Å²) < 4.78 is 70.7. The van der Waals surface area contributed by atoms with Crippen LogP contribution in [0.2, 0.25) is 0 Å². The Bertz CT molecular complexity index is 1150. The van der Waals surface area contributed by atoms with E-state index >= 15 is 0 Å². The Labute approximate surface area is 364 Å². The van der Waals surface area contributed by atoms with Gasteiger partial charge in [0.2, 0.25) is 12.2 Å².